The van der Waals surface area contributed by atoms with Gasteiger partial charge in [-0.1, -0.05) is 48.0 Å². The fourth-order valence-electron chi connectivity index (χ4n) is 2.09. The number of ether oxygens (including phenoxy) is 1. The van der Waals surface area contributed by atoms with Crippen molar-refractivity contribution in [1.82, 2.24) is 0 Å². The van der Waals surface area contributed by atoms with Crippen molar-refractivity contribution in [2.45, 2.75) is 19.3 Å². The van der Waals surface area contributed by atoms with E-state index in [0.29, 0.717) is 18.4 Å². The molecule has 1 nitrogen and oxygen atoms in total. The van der Waals surface area contributed by atoms with E-state index in [9.17, 15) is 0 Å². The largest absolute Gasteiger partial charge is 0.494 e. The Balaban J connectivity index is 1.89. The molecule has 0 N–H and O–H groups in total. The van der Waals surface area contributed by atoms with Gasteiger partial charge in [-0.25, -0.2) is 0 Å². The van der Waals surface area contributed by atoms with Crippen LogP contribution in [0.5, 0.6) is 5.75 Å². The van der Waals surface area contributed by atoms with Crippen LogP contribution in [0.3, 0.4) is 0 Å². The van der Waals surface area contributed by atoms with E-state index in [2.05, 4.69) is 31.2 Å². The molecule has 0 spiro atoms. The van der Waals surface area contributed by atoms with Crippen molar-refractivity contribution < 1.29 is 4.74 Å². The van der Waals surface area contributed by atoms with E-state index in [4.69, 9.17) is 16.3 Å². The normalized spacial score (nSPS) is 12.1. The number of aryl methyl sites for hydroxylation is 1. The summed E-state index contributed by atoms with van der Waals surface area (Å²) in [6.07, 6.45) is 0.932. The van der Waals surface area contributed by atoms with Gasteiger partial charge in [0.15, 0.2) is 0 Å². The first-order valence-electron chi connectivity index (χ1n) is 6.60. The third-order valence-electron chi connectivity index (χ3n) is 3.18. The highest BCUT2D eigenvalue weighted by Crippen LogP contribution is 2.22. The number of rotatable bonds is 6. The van der Waals surface area contributed by atoms with Crippen LogP contribution in [-0.2, 0) is 0 Å². The van der Waals surface area contributed by atoms with Crippen LogP contribution < -0.4 is 4.74 Å². The number of hydrogen-bond donors (Lipinski definition) is 0. The second-order valence-electron chi connectivity index (χ2n) is 4.72. The van der Waals surface area contributed by atoms with Gasteiger partial charge >= 0.3 is 0 Å². The molecule has 100 valence electrons. The third-order valence-corrected chi connectivity index (χ3v) is 3.55. The molecule has 2 heteroatoms. The van der Waals surface area contributed by atoms with Gasteiger partial charge in [-0.05, 0) is 31.0 Å². The molecular formula is C17H19ClO. The third kappa shape index (κ3) is 4.29. The Hall–Kier alpha value is -1.47. The topological polar surface area (TPSA) is 9.23 Å². The Bertz CT molecular complexity index is 496. The molecule has 0 fully saturated rings. The molecule has 0 aromatic heterocycles. The average Bonchev–Trinajstić information content (AvgIpc) is 2.45. The molecule has 0 saturated heterocycles. The van der Waals surface area contributed by atoms with Gasteiger partial charge in [0, 0.05) is 11.8 Å². The van der Waals surface area contributed by atoms with E-state index in [-0.39, 0.29) is 0 Å². The van der Waals surface area contributed by atoms with Gasteiger partial charge in [0.05, 0.1) is 6.61 Å². The van der Waals surface area contributed by atoms with Crippen molar-refractivity contribution in [3.8, 4) is 5.75 Å². The van der Waals surface area contributed by atoms with Crippen LogP contribution in [0.4, 0.5) is 0 Å². The van der Waals surface area contributed by atoms with Crippen molar-refractivity contribution in [2.24, 2.45) is 0 Å². The Morgan fingerprint density at radius 2 is 1.84 bits per heavy atom. The van der Waals surface area contributed by atoms with Gasteiger partial charge in [0.1, 0.15) is 5.75 Å². The number of benzene rings is 2. The van der Waals surface area contributed by atoms with Crippen molar-refractivity contribution in [3.05, 3.63) is 65.7 Å². The van der Waals surface area contributed by atoms with E-state index in [1.807, 2.05) is 30.3 Å². The second kappa shape index (κ2) is 7.20. The fraction of sp³-hybridized carbons (Fsp3) is 0.294. The molecule has 0 saturated carbocycles. The lowest BCUT2D eigenvalue weighted by molar-refractivity contribution is 0.301. The molecule has 19 heavy (non-hydrogen) atoms. The molecule has 0 bridgehead atoms. The summed E-state index contributed by atoms with van der Waals surface area (Å²) in [6.45, 7) is 2.80. The molecule has 2 rings (SSSR count). The Morgan fingerprint density at radius 1 is 1.05 bits per heavy atom. The molecule has 1 atom stereocenters. The Kier molecular flexibility index (Phi) is 5.29. The summed E-state index contributed by atoms with van der Waals surface area (Å²) in [7, 11) is 0. The lowest BCUT2D eigenvalue weighted by Crippen LogP contribution is -2.07. The average molecular weight is 275 g/mol. The smallest absolute Gasteiger partial charge is 0.119 e. The van der Waals surface area contributed by atoms with Gasteiger partial charge in [-0.3, -0.25) is 0 Å². The zero-order valence-corrected chi connectivity index (χ0v) is 11.9. The van der Waals surface area contributed by atoms with E-state index in [1.54, 1.807) is 0 Å². The highest BCUT2D eigenvalue weighted by molar-refractivity contribution is 6.18. The summed E-state index contributed by atoms with van der Waals surface area (Å²) in [5, 5.41) is 0. The predicted octanol–water partition coefficient (Wildman–Crippen LogP) is 4.79. The number of para-hydroxylation sites is 1. The molecule has 0 radical (unpaired) electrons. The zero-order valence-electron chi connectivity index (χ0n) is 11.2. The van der Waals surface area contributed by atoms with Gasteiger partial charge < -0.3 is 4.74 Å². The maximum absolute atomic E-state index is 6.08. The predicted molar refractivity (Wildman–Crippen MR) is 81.2 cm³/mol. The molecule has 0 heterocycles. The molecule has 2 aromatic carbocycles. The van der Waals surface area contributed by atoms with Crippen LogP contribution in [0.1, 0.15) is 23.5 Å². The Labute approximate surface area is 120 Å². The van der Waals surface area contributed by atoms with Crippen LogP contribution in [0.15, 0.2) is 54.6 Å². The van der Waals surface area contributed by atoms with Crippen LogP contribution in [0.2, 0.25) is 0 Å². The summed E-state index contributed by atoms with van der Waals surface area (Å²) in [5.74, 6) is 1.90. The minimum absolute atomic E-state index is 0.352. The van der Waals surface area contributed by atoms with Gasteiger partial charge in [0.2, 0.25) is 0 Å². The summed E-state index contributed by atoms with van der Waals surface area (Å²) in [5.41, 5.74) is 2.57. The molecule has 2 aromatic rings. The van der Waals surface area contributed by atoms with Crippen LogP contribution >= 0.6 is 11.6 Å². The van der Waals surface area contributed by atoms with Crippen molar-refractivity contribution in [3.63, 3.8) is 0 Å². The van der Waals surface area contributed by atoms with Crippen LogP contribution in [0, 0.1) is 6.92 Å². The quantitative estimate of drug-likeness (QED) is 0.689. The lowest BCUT2D eigenvalue weighted by atomic mass is 9.96. The first-order valence-corrected chi connectivity index (χ1v) is 7.13. The van der Waals surface area contributed by atoms with Crippen molar-refractivity contribution in [1.29, 1.82) is 0 Å². The first kappa shape index (κ1) is 14.0. The monoisotopic (exact) mass is 274 g/mol. The van der Waals surface area contributed by atoms with Gasteiger partial charge in [-0.2, -0.15) is 0 Å². The SMILES string of the molecule is Cc1cccc(C(CCl)CCOc2ccccc2)c1. The van der Waals surface area contributed by atoms with E-state index in [0.717, 1.165) is 12.2 Å². The maximum atomic E-state index is 6.08. The molecule has 1 unspecified atom stereocenters. The number of halogens is 1. The summed E-state index contributed by atoms with van der Waals surface area (Å²) in [6, 6.07) is 18.4. The highest BCUT2D eigenvalue weighted by Gasteiger charge is 2.10. The lowest BCUT2D eigenvalue weighted by Gasteiger charge is -2.15. The molecular weight excluding hydrogens is 256 g/mol. The minimum atomic E-state index is 0.352. The molecule has 0 amide bonds. The second-order valence-corrected chi connectivity index (χ2v) is 5.02. The van der Waals surface area contributed by atoms with E-state index in [1.165, 1.54) is 11.1 Å². The number of alkyl halides is 1. The number of hydrogen-bond acceptors (Lipinski definition) is 1. The summed E-state index contributed by atoms with van der Waals surface area (Å²) >= 11 is 6.08. The van der Waals surface area contributed by atoms with Crippen LogP contribution in [0.25, 0.3) is 0 Å². The molecule has 0 aliphatic heterocycles. The molecule has 0 aliphatic rings. The van der Waals surface area contributed by atoms with Gasteiger partial charge in [-0.15, -0.1) is 11.6 Å². The van der Waals surface area contributed by atoms with Crippen molar-refractivity contribution in [2.75, 3.05) is 12.5 Å². The minimum Gasteiger partial charge on any atom is -0.494 e. The van der Waals surface area contributed by atoms with Gasteiger partial charge in [0.25, 0.3) is 0 Å². The van der Waals surface area contributed by atoms with E-state index >= 15 is 0 Å². The highest BCUT2D eigenvalue weighted by atomic mass is 35.5. The molecule has 0 aliphatic carbocycles. The summed E-state index contributed by atoms with van der Waals surface area (Å²) in [4.78, 5) is 0. The van der Waals surface area contributed by atoms with Crippen LogP contribution in [-0.4, -0.2) is 12.5 Å². The summed E-state index contributed by atoms with van der Waals surface area (Å²) < 4.78 is 5.73. The Morgan fingerprint density at radius 3 is 2.53 bits per heavy atom. The zero-order chi connectivity index (χ0) is 13.5. The fourth-order valence-corrected chi connectivity index (χ4v) is 2.43. The standard InChI is InChI=1S/C17H19ClO/c1-14-6-5-7-15(12-14)16(13-18)10-11-19-17-8-3-2-4-9-17/h2-9,12,16H,10-11,13H2,1H3. The van der Waals surface area contributed by atoms with Crippen molar-refractivity contribution >= 4 is 11.6 Å². The first-order chi connectivity index (χ1) is 9.29. The van der Waals surface area contributed by atoms with E-state index < -0.39 is 0 Å². The maximum Gasteiger partial charge on any atom is 0.119 e.